The third kappa shape index (κ3) is 4.29. The molecule has 0 saturated carbocycles. The van der Waals surface area contributed by atoms with Crippen molar-refractivity contribution in [2.24, 2.45) is 5.92 Å². The number of hydrogen-bond acceptors (Lipinski definition) is 3. The summed E-state index contributed by atoms with van der Waals surface area (Å²) in [5, 5.41) is 0. The first-order valence-corrected chi connectivity index (χ1v) is 8.70. The van der Waals surface area contributed by atoms with Gasteiger partial charge >= 0.3 is 0 Å². The van der Waals surface area contributed by atoms with E-state index >= 15 is 0 Å². The van der Waals surface area contributed by atoms with E-state index in [1.165, 1.54) is 37.8 Å². The second kappa shape index (κ2) is 7.73. The summed E-state index contributed by atoms with van der Waals surface area (Å²) in [5.41, 5.74) is 1.34. The molecule has 1 aromatic heterocycles. The Kier molecular flexibility index (Phi) is 5.43. The zero-order chi connectivity index (χ0) is 15.2. The number of amides is 1. The highest BCUT2D eigenvalue weighted by Crippen LogP contribution is 2.23. The van der Waals surface area contributed by atoms with Gasteiger partial charge in [0.05, 0.1) is 0 Å². The highest BCUT2D eigenvalue weighted by Gasteiger charge is 2.23. The lowest BCUT2D eigenvalue weighted by molar-refractivity contribution is -0.130. The fourth-order valence-corrected chi connectivity index (χ4v) is 3.73. The Morgan fingerprint density at radius 1 is 1.14 bits per heavy atom. The fourth-order valence-electron chi connectivity index (χ4n) is 3.73. The number of nitrogens with zero attached hydrogens (tertiary/aromatic N) is 3. The standard InChI is InChI=1S/C18H27N3O/c22-18(21-12-1-2-13-21)6-5-16-4-3-11-20(14-16)15-17-7-9-19-10-8-17/h7-10,16H,1-6,11-15H2. The maximum atomic E-state index is 12.2. The van der Waals surface area contributed by atoms with Crippen LogP contribution in [0.5, 0.6) is 0 Å². The van der Waals surface area contributed by atoms with E-state index in [4.69, 9.17) is 0 Å². The molecule has 4 nitrogen and oxygen atoms in total. The molecule has 0 aliphatic carbocycles. The van der Waals surface area contributed by atoms with E-state index in [0.717, 1.165) is 39.0 Å². The van der Waals surface area contributed by atoms with Crippen molar-refractivity contribution in [3.63, 3.8) is 0 Å². The zero-order valence-corrected chi connectivity index (χ0v) is 13.4. The number of piperidine rings is 1. The summed E-state index contributed by atoms with van der Waals surface area (Å²) in [5.74, 6) is 1.06. The van der Waals surface area contributed by atoms with E-state index in [2.05, 4.69) is 26.9 Å². The van der Waals surface area contributed by atoms with E-state index in [-0.39, 0.29) is 0 Å². The van der Waals surface area contributed by atoms with Gasteiger partial charge in [0.1, 0.15) is 0 Å². The molecule has 1 unspecified atom stereocenters. The van der Waals surface area contributed by atoms with Crippen molar-refractivity contribution in [2.75, 3.05) is 26.2 Å². The van der Waals surface area contributed by atoms with Crippen LogP contribution in [-0.2, 0) is 11.3 Å². The van der Waals surface area contributed by atoms with Gasteiger partial charge in [0.15, 0.2) is 0 Å². The predicted octanol–water partition coefficient (Wildman–Crippen LogP) is 2.70. The van der Waals surface area contributed by atoms with Gasteiger partial charge in [0, 0.05) is 45.0 Å². The number of pyridine rings is 1. The average molecular weight is 301 g/mol. The molecule has 2 aliphatic rings. The van der Waals surface area contributed by atoms with Gasteiger partial charge in [-0.05, 0) is 62.3 Å². The van der Waals surface area contributed by atoms with Crippen molar-refractivity contribution in [1.82, 2.24) is 14.8 Å². The lowest BCUT2D eigenvalue weighted by Crippen LogP contribution is -2.35. The molecule has 4 heteroatoms. The number of likely N-dealkylation sites (tertiary alicyclic amines) is 2. The third-order valence-electron chi connectivity index (χ3n) is 4.98. The first kappa shape index (κ1) is 15.5. The van der Waals surface area contributed by atoms with Crippen molar-refractivity contribution in [3.8, 4) is 0 Å². The van der Waals surface area contributed by atoms with Gasteiger partial charge in [0.2, 0.25) is 5.91 Å². The molecule has 2 saturated heterocycles. The van der Waals surface area contributed by atoms with E-state index < -0.39 is 0 Å². The number of carbonyl (C=O) groups is 1. The lowest BCUT2D eigenvalue weighted by Gasteiger charge is -2.33. The van der Waals surface area contributed by atoms with E-state index in [0.29, 0.717) is 11.8 Å². The molecule has 3 rings (SSSR count). The Bertz CT molecular complexity index is 470. The normalized spacial score (nSPS) is 22.9. The van der Waals surface area contributed by atoms with Crippen LogP contribution in [0.15, 0.2) is 24.5 Å². The summed E-state index contributed by atoms with van der Waals surface area (Å²) in [6.45, 7) is 5.29. The van der Waals surface area contributed by atoms with Crippen LogP contribution in [0.25, 0.3) is 0 Å². The first-order chi connectivity index (χ1) is 10.8. The topological polar surface area (TPSA) is 36.4 Å². The molecule has 120 valence electrons. The van der Waals surface area contributed by atoms with Gasteiger partial charge < -0.3 is 4.90 Å². The number of rotatable bonds is 5. The highest BCUT2D eigenvalue weighted by molar-refractivity contribution is 5.76. The largest absolute Gasteiger partial charge is 0.343 e. The maximum Gasteiger partial charge on any atom is 0.222 e. The Labute approximate surface area is 133 Å². The van der Waals surface area contributed by atoms with Crippen molar-refractivity contribution >= 4 is 5.91 Å². The van der Waals surface area contributed by atoms with Crippen LogP contribution in [-0.4, -0.2) is 46.9 Å². The van der Waals surface area contributed by atoms with Gasteiger partial charge in [-0.25, -0.2) is 0 Å². The Morgan fingerprint density at radius 2 is 1.91 bits per heavy atom. The van der Waals surface area contributed by atoms with Crippen LogP contribution in [0.3, 0.4) is 0 Å². The Morgan fingerprint density at radius 3 is 2.68 bits per heavy atom. The van der Waals surface area contributed by atoms with Crippen molar-refractivity contribution < 1.29 is 4.79 Å². The molecule has 1 atom stereocenters. The van der Waals surface area contributed by atoms with Gasteiger partial charge in [-0.3, -0.25) is 14.7 Å². The Hall–Kier alpha value is -1.42. The molecule has 0 radical (unpaired) electrons. The second-order valence-electron chi connectivity index (χ2n) is 6.73. The Balaban J connectivity index is 1.43. The predicted molar refractivity (Wildman–Crippen MR) is 87.3 cm³/mol. The summed E-state index contributed by atoms with van der Waals surface area (Å²) in [6, 6.07) is 4.20. The molecule has 0 spiro atoms. The quantitative estimate of drug-likeness (QED) is 0.839. The molecular weight excluding hydrogens is 274 g/mol. The zero-order valence-electron chi connectivity index (χ0n) is 13.4. The SMILES string of the molecule is O=C(CCC1CCCN(Cc2ccncc2)C1)N1CCCC1. The molecule has 2 fully saturated rings. The fraction of sp³-hybridized carbons (Fsp3) is 0.667. The van der Waals surface area contributed by atoms with E-state index in [1.807, 2.05) is 12.4 Å². The van der Waals surface area contributed by atoms with E-state index in [1.54, 1.807) is 0 Å². The summed E-state index contributed by atoms with van der Waals surface area (Å²) in [4.78, 5) is 20.8. The summed E-state index contributed by atoms with van der Waals surface area (Å²) >= 11 is 0. The molecule has 22 heavy (non-hydrogen) atoms. The minimum atomic E-state index is 0.378. The smallest absolute Gasteiger partial charge is 0.222 e. The molecule has 1 aromatic rings. The van der Waals surface area contributed by atoms with Gasteiger partial charge in [-0.15, -0.1) is 0 Å². The van der Waals surface area contributed by atoms with Crippen molar-refractivity contribution in [1.29, 1.82) is 0 Å². The third-order valence-corrected chi connectivity index (χ3v) is 4.98. The van der Waals surface area contributed by atoms with Gasteiger partial charge in [0.25, 0.3) is 0 Å². The van der Waals surface area contributed by atoms with Crippen LogP contribution >= 0.6 is 0 Å². The molecule has 3 heterocycles. The monoisotopic (exact) mass is 301 g/mol. The molecular formula is C18H27N3O. The molecule has 0 aromatic carbocycles. The molecule has 0 bridgehead atoms. The summed E-state index contributed by atoms with van der Waals surface area (Å²) < 4.78 is 0. The van der Waals surface area contributed by atoms with Gasteiger partial charge in [-0.1, -0.05) is 0 Å². The number of carbonyl (C=O) groups excluding carboxylic acids is 1. The molecule has 1 amide bonds. The van der Waals surface area contributed by atoms with Crippen molar-refractivity contribution in [2.45, 2.75) is 45.1 Å². The van der Waals surface area contributed by atoms with E-state index in [9.17, 15) is 4.79 Å². The molecule has 2 aliphatic heterocycles. The maximum absolute atomic E-state index is 12.2. The summed E-state index contributed by atoms with van der Waals surface area (Å²) in [6.07, 6.45) is 10.4. The van der Waals surface area contributed by atoms with Gasteiger partial charge in [-0.2, -0.15) is 0 Å². The van der Waals surface area contributed by atoms with Crippen LogP contribution in [0, 0.1) is 5.92 Å². The molecule has 0 N–H and O–H groups in total. The highest BCUT2D eigenvalue weighted by atomic mass is 16.2. The number of aromatic nitrogens is 1. The van der Waals surface area contributed by atoms with Crippen LogP contribution in [0.2, 0.25) is 0 Å². The summed E-state index contributed by atoms with van der Waals surface area (Å²) in [7, 11) is 0. The lowest BCUT2D eigenvalue weighted by atomic mass is 9.93. The minimum Gasteiger partial charge on any atom is -0.343 e. The second-order valence-corrected chi connectivity index (χ2v) is 6.73. The van der Waals surface area contributed by atoms with Crippen LogP contribution < -0.4 is 0 Å². The first-order valence-electron chi connectivity index (χ1n) is 8.70. The van der Waals surface area contributed by atoms with Crippen LogP contribution in [0.4, 0.5) is 0 Å². The number of hydrogen-bond donors (Lipinski definition) is 0. The minimum absolute atomic E-state index is 0.378. The average Bonchev–Trinajstić information content (AvgIpc) is 3.08. The van der Waals surface area contributed by atoms with Crippen molar-refractivity contribution in [3.05, 3.63) is 30.1 Å². The van der Waals surface area contributed by atoms with Crippen LogP contribution in [0.1, 0.15) is 44.1 Å².